The fourth-order valence-electron chi connectivity index (χ4n) is 0. The quantitative estimate of drug-likeness (QED) is 0.472. The molecule has 0 aromatic rings. The molecule has 0 aliphatic heterocycles. The number of rotatable bonds is 1. The van der Waals surface area contributed by atoms with Crippen molar-refractivity contribution >= 4 is 32.6 Å². The summed E-state index contributed by atoms with van der Waals surface area (Å²) in [5.74, 6) is 0. The second kappa shape index (κ2) is 4.13. The van der Waals surface area contributed by atoms with Crippen molar-refractivity contribution in [2.75, 3.05) is 0 Å². The normalized spacial score (nSPS) is 6.50. The molecule has 0 saturated carbocycles. The van der Waals surface area contributed by atoms with Gasteiger partial charge in [0.15, 0.2) is 0 Å². The van der Waals surface area contributed by atoms with Crippen LogP contribution in [0.2, 0.25) is 0 Å². The van der Waals surface area contributed by atoms with Crippen molar-refractivity contribution in [2.45, 2.75) is 0 Å². The van der Waals surface area contributed by atoms with Crippen LogP contribution in [0.15, 0.2) is 10.7 Å². The Morgan fingerprint density at radius 2 is 2.25 bits per heavy atom. The van der Waals surface area contributed by atoms with Crippen LogP contribution in [-0.2, 0) is 0 Å². The third kappa shape index (κ3) is 3.13. The molecule has 0 aliphatic rings. The molecule has 0 aromatic carbocycles. The van der Waals surface area contributed by atoms with Crippen LogP contribution in [0.25, 0.3) is 0 Å². The van der Waals surface area contributed by atoms with Gasteiger partial charge in [0.2, 0.25) is 0 Å². The summed E-state index contributed by atoms with van der Waals surface area (Å²) < 4.78 is 2.00. The SMILES string of the molecule is [Li][Te]C=C. The molecule has 0 fully saturated rings. The number of hydrogen-bond acceptors (Lipinski definition) is 0. The molecule has 18 valence electrons. The van der Waals surface area contributed by atoms with Crippen LogP contribution in [0, 0.1) is 0 Å². The minimum absolute atomic E-state index is 0.246. The van der Waals surface area contributed by atoms with Gasteiger partial charge in [0.1, 0.15) is 0 Å². The Morgan fingerprint density at radius 3 is 2.25 bits per heavy atom. The molecule has 0 radical (unpaired) electrons. The van der Waals surface area contributed by atoms with E-state index in [0.29, 0.717) is 0 Å². The van der Waals surface area contributed by atoms with Crippen LogP contribution in [0.3, 0.4) is 0 Å². The van der Waals surface area contributed by atoms with Gasteiger partial charge in [-0.25, -0.2) is 0 Å². The summed E-state index contributed by atoms with van der Waals surface area (Å²) in [5.41, 5.74) is 0. The molecule has 0 heterocycles. The molecule has 0 atom stereocenters. The van der Waals surface area contributed by atoms with Crippen LogP contribution in [-0.4, -0.2) is 32.6 Å². The van der Waals surface area contributed by atoms with Gasteiger partial charge in [0, 0.05) is 0 Å². The van der Waals surface area contributed by atoms with Crippen molar-refractivity contribution in [1.29, 1.82) is 0 Å². The summed E-state index contributed by atoms with van der Waals surface area (Å²) in [6.45, 7) is 3.54. The van der Waals surface area contributed by atoms with E-state index in [9.17, 15) is 0 Å². The average molecular weight is 162 g/mol. The molecular weight excluding hydrogens is 159 g/mol. The Labute approximate surface area is 43.2 Å². The molecule has 0 bridgehead atoms. The molecule has 0 unspecified atom stereocenters. The first-order valence-electron chi connectivity index (χ1n) is 1.05. The van der Waals surface area contributed by atoms with Crippen molar-refractivity contribution in [3.63, 3.8) is 0 Å². The molecule has 0 aromatic heterocycles. The molecule has 0 nitrogen and oxygen atoms in total. The van der Waals surface area contributed by atoms with E-state index in [4.69, 9.17) is 0 Å². The van der Waals surface area contributed by atoms with Crippen LogP contribution in [0.5, 0.6) is 0 Å². The van der Waals surface area contributed by atoms with Crippen LogP contribution >= 0.6 is 0 Å². The molecule has 2 heteroatoms. The molecule has 4 heavy (non-hydrogen) atoms. The maximum atomic E-state index is 3.54. The van der Waals surface area contributed by atoms with E-state index in [1.54, 1.807) is 0 Å². The Bertz CT molecular complexity index is 20.0. The first kappa shape index (κ1) is 5.13. The zero-order valence-corrected chi connectivity index (χ0v) is 5.02. The number of hydrogen-bond donors (Lipinski definition) is 0. The minimum atomic E-state index is 0.246. The van der Waals surface area contributed by atoms with Crippen molar-refractivity contribution in [1.82, 2.24) is 0 Å². The van der Waals surface area contributed by atoms with E-state index in [1.807, 2.05) is 4.12 Å². The Morgan fingerprint density at radius 1 is 2.00 bits per heavy atom. The van der Waals surface area contributed by atoms with Crippen LogP contribution < -0.4 is 0 Å². The zero-order chi connectivity index (χ0) is 3.41. The monoisotopic (exact) mass is 164 g/mol. The predicted molar refractivity (Wildman–Crippen MR) is 21.7 cm³/mol. The van der Waals surface area contributed by atoms with Crippen molar-refractivity contribution < 1.29 is 0 Å². The van der Waals surface area contributed by atoms with Gasteiger partial charge < -0.3 is 0 Å². The van der Waals surface area contributed by atoms with Gasteiger partial charge in [-0.3, -0.25) is 0 Å². The first-order valence-corrected chi connectivity index (χ1v) is 4.73. The van der Waals surface area contributed by atoms with Gasteiger partial charge in [-0.1, -0.05) is 0 Å². The summed E-state index contributed by atoms with van der Waals surface area (Å²) in [7, 11) is 0. The topological polar surface area (TPSA) is 0 Å². The van der Waals surface area contributed by atoms with Gasteiger partial charge in [-0.2, -0.15) is 0 Å². The molecule has 0 aliphatic carbocycles. The van der Waals surface area contributed by atoms with E-state index >= 15 is 0 Å². The fourth-order valence-corrected chi connectivity index (χ4v) is 0. The molecule has 0 saturated heterocycles. The van der Waals surface area contributed by atoms with Gasteiger partial charge >= 0.3 is 43.3 Å². The summed E-state index contributed by atoms with van der Waals surface area (Å²) >= 11 is 2.44. The fraction of sp³-hybridized carbons (Fsp3) is 0. The van der Waals surface area contributed by atoms with E-state index < -0.39 is 0 Å². The Kier molecular flexibility index (Phi) is 5.29. The second-order valence-electron chi connectivity index (χ2n) is 0.402. The van der Waals surface area contributed by atoms with Gasteiger partial charge in [0.05, 0.1) is 0 Å². The molecule has 0 amide bonds. The maximum absolute atomic E-state index is 3.54. The second-order valence-corrected chi connectivity index (χ2v) is 2.70. The first-order chi connectivity index (χ1) is 1.91. The molecule has 0 spiro atoms. The summed E-state index contributed by atoms with van der Waals surface area (Å²) in [6.07, 6.45) is 0. The van der Waals surface area contributed by atoms with Crippen molar-refractivity contribution in [3.05, 3.63) is 10.7 Å². The van der Waals surface area contributed by atoms with E-state index in [1.165, 1.54) is 0 Å². The van der Waals surface area contributed by atoms with E-state index in [-0.39, 0.29) is 18.3 Å². The predicted octanol–water partition coefficient (Wildman–Crippen LogP) is -0.0824. The molecule has 0 N–H and O–H groups in total. The standard InChI is InChI=1S/C2H4Te.Li/c1-2-3;/h2-3H,1H2;/q;+1/p-1. The third-order valence-electron chi connectivity index (χ3n) is 0.167. The van der Waals surface area contributed by atoms with Gasteiger partial charge in [0.25, 0.3) is 0 Å². The summed E-state index contributed by atoms with van der Waals surface area (Å²) in [4.78, 5) is 0. The Balaban J connectivity index is 2.30. The summed E-state index contributed by atoms with van der Waals surface area (Å²) in [6, 6.07) is 0. The van der Waals surface area contributed by atoms with E-state index in [0.717, 1.165) is 0 Å². The van der Waals surface area contributed by atoms with E-state index in [2.05, 4.69) is 20.9 Å². The molecule has 0 rings (SSSR count). The average Bonchev–Trinajstić information content (AvgIpc) is 1.37. The van der Waals surface area contributed by atoms with Crippen molar-refractivity contribution in [3.8, 4) is 0 Å². The Hall–Kier alpha value is 1.13. The van der Waals surface area contributed by atoms with Crippen molar-refractivity contribution in [2.24, 2.45) is 0 Å². The zero-order valence-electron chi connectivity index (χ0n) is 2.69. The van der Waals surface area contributed by atoms with Gasteiger partial charge in [-0.05, 0) is 0 Å². The third-order valence-corrected chi connectivity index (χ3v) is 1.12. The van der Waals surface area contributed by atoms with Crippen LogP contribution in [0.4, 0.5) is 0 Å². The summed E-state index contributed by atoms with van der Waals surface area (Å²) in [5, 5.41) is 0. The molecular formula is C2H3LiTe. The van der Waals surface area contributed by atoms with Gasteiger partial charge in [-0.15, -0.1) is 0 Å². The van der Waals surface area contributed by atoms with Crippen LogP contribution in [0.1, 0.15) is 0 Å².